The Hall–Kier alpha value is -0.0800. The molecule has 2 atom stereocenters. The quantitative estimate of drug-likeness (QED) is 0.465. The van der Waals surface area contributed by atoms with Crippen molar-refractivity contribution >= 4 is 0 Å². The second-order valence-electron chi connectivity index (χ2n) is 3.28. The van der Waals surface area contributed by atoms with Gasteiger partial charge in [0.1, 0.15) is 5.60 Å². The van der Waals surface area contributed by atoms with Gasteiger partial charge in [0.15, 0.2) is 0 Å². The molecule has 1 aliphatic heterocycles. The van der Waals surface area contributed by atoms with Crippen molar-refractivity contribution in [3.8, 4) is 0 Å². The molecule has 2 heteroatoms. The van der Waals surface area contributed by atoms with Crippen LogP contribution < -0.4 is 0 Å². The number of hydrogen-bond acceptors (Lipinski definition) is 2. The van der Waals surface area contributed by atoms with E-state index in [0.29, 0.717) is 5.92 Å². The van der Waals surface area contributed by atoms with Crippen LogP contribution in [-0.2, 0) is 9.78 Å². The average molecular weight is 130 g/mol. The third kappa shape index (κ3) is 1.10. The Labute approximate surface area is 56.1 Å². The van der Waals surface area contributed by atoms with Crippen LogP contribution in [0.25, 0.3) is 0 Å². The summed E-state index contributed by atoms with van der Waals surface area (Å²) in [5.41, 5.74) is -0.0978. The fourth-order valence-electron chi connectivity index (χ4n) is 0.924. The fourth-order valence-corrected chi connectivity index (χ4v) is 0.924. The molecule has 0 saturated carbocycles. The minimum atomic E-state index is -0.0978. The van der Waals surface area contributed by atoms with E-state index in [4.69, 9.17) is 9.78 Å². The van der Waals surface area contributed by atoms with Crippen LogP contribution in [0.15, 0.2) is 0 Å². The summed E-state index contributed by atoms with van der Waals surface area (Å²) >= 11 is 0. The van der Waals surface area contributed by atoms with Gasteiger partial charge in [0.2, 0.25) is 0 Å². The maximum Gasteiger partial charge on any atom is 0.103 e. The lowest BCUT2D eigenvalue weighted by Crippen LogP contribution is -2.28. The standard InChI is InChI=1S/C7H14O2/c1-5-6(2)8-9-7(5,3)4/h5-6H,1-4H3. The van der Waals surface area contributed by atoms with Crippen molar-refractivity contribution < 1.29 is 9.78 Å². The molecule has 0 aromatic carbocycles. The van der Waals surface area contributed by atoms with Gasteiger partial charge < -0.3 is 0 Å². The Morgan fingerprint density at radius 2 is 1.78 bits per heavy atom. The zero-order chi connectivity index (χ0) is 7.07. The van der Waals surface area contributed by atoms with Gasteiger partial charge >= 0.3 is 0 Å². The first-order chi connectivity index (χ1) is 4.04. The van der Waals surface area contributed by atoms with Crippen molar-refractivity contribution in [1.82, 2.24) is 0 Å². The fraction of sp³-hybridized carbons (Fsp3) is 1.00. The van der Waals surface area contributed by atoms with Crippen molar-refractivity contribution in [2.24, 2.45) is 5.92 Å². The highest BCUT2D eigenvalue weighted by atomic mass is 17.2. The first kappa shape index (κ1) is 7.03. The topological polar surface area (TPSA) is 18.5 Å². The normalized spacial score (nSPS) is 41.3. The first-order valence-corrected chi connectivity index (χ1v) is 3.38. The Morgan fingerprint density at radius 1 is 1.22 bits per heavy atom. The molecule has 2 unspecified atom stereocenters. The van der Waals surface area contributed by atoms with E-state index in [1.807, 2.05) is 20.8 Å². The third-order valence-electron chi connectivity index (χ3n) is 2.22. The summed E-state index contributed by atoms with van der Waals surface area (Å²) in [4.78, 5) is 10.0. The third-order valence-corrected chi connectivity index (χ3v) is 2.22. The van der Waals surface area contributed by atoms with Gasteiger partial charge in [-0.25, -0.2) is 9.78 Å². The van der Waals surface area contributed by atoms with Gasteiger partial charge in [0, 0.05) is 5.92 Å². The van der Waals surface area contributed by atoms with Gasteiger partial charge in [-0.3, -0.25) is 0 Å². The van der Waals surface area contributed by atoms with E-state index in [2.05, 4.69) is 6.92 Å². The van der Waals surface area contributed by atoms with E-state index >= 15 is 0 Å². The lowest BCUT2D eigenvalue weighted by Gasteiger charge is -2.18. The number of rotatable bonds is 0. The molecule has 2 nitrogen and oxygen atoms in total. The SMILES string of the molecule is CC1OOC(C)(C)C1C. The van der Waals surface area contributed by atoms with Crippen molar-refractivity contribution in [3.05, 3.63) is 0 Å². The summed E-state index contributed by atoms with van der Waals surface area (Å²) in [6, 6.07) is 0. The van der Waals surface area contributed by atoms with Crippen LogP contribution in [0, 0.1) is 5.92 Å². The molecule has 0 aromatic rings. The Bertz CT molecular complexity index is 109. The highest BCUT2D eigenvalue weighted by molar-refractivity contribution is 4.82. The molecule has 1 aliphatic rings. The van der Waals surface area contributed by atoms with Crippen LogP contribution in [0.4, 0.5) is 0 Å². The molecule has 1 saturated heterocycles. The molecule has 9 heavy (non-hydrogen) atoms. The molecule has 1 heterocycles. The molecule has 0 aliphatic carbocycles. The second-order valence-corrected chi connectivity index (χ2v) is 3.28. The Morgan fingerprint density at radius 3 is 1.89 bits per heavy atom. The highest BCUT2D eigenvalue weighted by Gasteiger charge is 2.39. The zero-order valence-corrected chi connectivity index (χ0v) is 6.47. The largest absolute Gasteiger partial charge is 0.233 e. The van der Waals surface area contributed by atoms with E-state index in [0.717, 1.165) is 0 Å². The molecule has 0 bridgehead atoms. The van der Waals surface area contributed by atoms with Gasteiger partial charge in [-0.15, -0.1) is 0 Å². The molecule has 54 valence electrons. The van der Waals surface area contributed by atoms with Crippen LogP contribution in [0.1, 0.15) is 27.7 Å². The van der Waals surface area contributed by atoms with Gasteiger partial charge in [-0.2, -0.15) is 0 Å². The van der Waals surface area contributed by atoms with Crippen molar-refractivity contribution in [1.29, 1.82) is 0 Å². The monoisotopic (exact) mass is 130 g/mol. The van der Waals surface area contributed by atoms with Crippen molar-refractivity contribution in [3.63, 3.8) is 0 Å². The van der Waals surface area contributed by atoms with E-state index in [1.54, 1.807) is 0 Å². The van der Waals surface area contributed by atoms with E-state index in [9.17, 15) is 0 Å². The van der Waals surface area contributed by atoms with E-state index in [-0.39, 0.29) is 11.7 Å². The predicted molar refractivity (Wildman–Crippen MR) is 34.9 cm³/mol. The summed E-state index contributed by atoms with van der Waals surface area (Å²) in [6.45, 7) is 8.25. The maximum atomic E-state index is 5.06. The number of hydrogen-bond donors (Lipinski definition) is 0. The molecule has 0 radical (unpaired) electrons. The van der Waals surface area contributed by atoms with E-state index in [1.165, 1.54) is 0 Å². The molecule has 1 rings (SSSR count). The predicted octanol–water partition coefficient (Wildman–Crippen LogP) is 1.75. The Balaban J connectivity index is 2.62. The summed E-state index contributed by atoms with van der Waals surface area (Å²) in [5.74, 6) is 0.484. The highest BCUT2D eigenvalue weighted by Crippen LogP contribution is 2.32. The van der Waals surface area contributed by atoms with Crippen molar-refractivity contribution in [2.75, 3.05) is 0 Å². The summed E-state index contributed by atoms with van der Waals surface area (Å²) < 4.78 is 0. The smallest absolute Gasteiger partial charge is 0.103 e. The lowest BCUT2D eigenvalue weighted by molar-refractivity contribution is -0.316. The minimum absolute atomic E-state index is 0.0978. The molecule has 0 spiro atoms. The average Bonchev–Trinajstić information content (AvgIpc) is 1.97. The van der Waals surface area contributed by atoms with Crippen LogP contribution in [0.5, 0.6) is 0 Å². The van der Waals surface area contributed by atoms with E-state index < -0.39 is 0 Å². The molecular weight excluding hydrogens is 116 g/mol. The maximum absolute atomic E-state index is 5.06. The molecule has 1 fully saturated rings. The van der Waals surface area contributed by atoms with Gasteiger partial charge in [0.05, 0.1) is 6.10 Å². The van der Waals surface area contributed by atoms with Crippen LogP contribution >= 0.6 is 0 Å². The summed E-state index contributed by atoms with van der Waals surface area (Å²) in [6.07, 6.45) is 0.236. The zero-order valence-electron chi connectivity index (χ0n) is 6.47. The van der Waals surface area contributed by atoms with Crippen molar-refractivity contribution in [2.45, 2.75) is 39.4 Å². The van der Waals surface area contributed by atoms with Crippen LogP contribution in [0.2, 0.25) is 0 Å². The summed E-state index contributed by atoms with van der Waals surface area (Å²) in [7, 11) is 0. The molecule has 0 N–H and O–H groups in total. The van der Waals surface area contributed by atoms with Crippen LogP contribution in [-0.4, -0.2) is 11.7 Å². The molecule has 0 amide bonds. The molecule has 0 aromatic heterocycles. The van der Waals surface area contributed by atoms with Crippen LogP contribution in [0.3, 0.4) is 0 Å². The minimum Gasteiger partial charge on any atom is -0.233 e. The lowest BCUT2D eigenvalue weighted by atomic mass is 9.90. The second kappa shape index (κ2) is 1.96. The first-order valence-electron chi connectivity index (χ1n) is 3.38. The Kier molecular flexibility index (Phi) is 1.53. The molecular formula is C7H14O2. The van der Waals surface area contributed by atoms with Gasteiger partial charge in [-0.1, -0.05) is 6.92 Å². The summed E-state index contributed by atoms with van der Waals surface area (Å²) in [5, 5.41) is 0. The van der Waals surface area contributed by atoms with Gasteiger partial charge in [0.25, 0.3) is 0 Å². The van der Waals surface area contributed by atoms with Gasteiger partial charge in [-0.05, 0) is 20.8 Å².